The van der Waals surface area contributed by atoms with Gasteiger partial charge in [-0.25, -0.2) is 0 Å². The molecule has 0 N–H and O–H groups in total. The second-order valence-electron chi connectivity index (χ2n) is 6.13. The summed E-state index contributed by atoms with van der Waals surface area (Å²) in [5.41, 5.74) is 1.49. The van der Waals surface area contributed by atoms with E-state index < -0.39 is 17.4 Å². The Labute approximate surface area is 144 Å². The molecule has 23 heavy (non-hydrogen) atoms. The zero-order chi connectivity index (χ0) is 17.3. The van der Waals surface area contributed by atoms with Gasteiger partial charge in [0.15, 0.2) is 17.4 Å². The summed E-state index contributed by atoms with van der Waals surface area (Å²) in [5.74, 6) is -0.209. The maximum atomic E-state index is 11.3. The van der Waals surface area contributed by atoms with Crippen molar-refractivity contribution in [1.82, 2.24) is 0 Å². The molecule has 130 valence electrons. The molecule has 2 atom stereocenters. The first-order valence-electron chi connectivity index (χ1n) is 8.88. The van der Waals surface area contributed by atoms with Crippen molar-refractivity contribution in [2.24, 2.45) is 0 Å². The van der Waals surface area contributed by atoms with Gasteiger partial charge in [-0.1, -0.05) is 58.0 Å². The van der Waals surface area contributed by atoms with Crippen LogP contribution in [0.1, 0.15) is 45.7 Å². The third-order valence-electron chi connectivity index (χ3n) is 4.88. The van der Waals surface area contributed by atoms with Crippen LogP contribution in [0.15, 0.2) is 30.3 Å². The molecular weight excluding hydrogens is 320 g/mol. The Bertz CT molecular complexity index is 452. The van der Waals surface area contributed by atoms with Crippen LogP contribution in [0.5, 0.6) is 0 Å². The maximum Gasteiger partial charge on any atom is 0.302 e. The Morgan fingerprint density at radius 3 is 2.09 bits per heavy atom. The molecule has 0 aromatic heterocycles. The monoisotopic (exact) mass is 352 g/mol. The summed E-state index contributed by atoms with van der Waals surface area (Å²) < 4.78 is 12.3. The SMILES string of the molecule is CC[SiH](O[Si](CC)(CC)CC)C(COC(C)=O)c1ccccc1. The van der Waals surface area contributed by atoms with Crippen molar-refractivity contribution in [2.45, 2.75) is 64.3 Å². The van der Waals surface area contributed by atoms with Gasteiger partial charge in [-0.3, -0.25) is 4.79 Å². The normalized spacial score (nSPS) is 14.3. The van der Waals surface area contributed by atoms with Gasteiger partial charge in [-0.15, -0.1) is 0 Å². The standard InChI is InChI=1S/C18H32O3Si2/c1-6-22(21-23(7-2,8-3)9-4)18(15-20-16(5)19)17-13-11-10-12-14-17/h10-14,18,22H,6-9,15H2,1-5H3. The molecule has 0 amide bonds. The summed E-state index contributed by atoms with van der Waals surface area (Å²) in [6.45, 7) is 11.0. The van der Waals surface area contributed by atoms with E-state index in [1.807, 2.05) is 6.07 Å². The zero-order valence-electron chi connectivity index (χ0n) is 15.3. The van der Waals surface area contributed by atoms with Crippen LogP contribution < -0.4 is 0 Å². The van der Waals surface area contributed by atoms with E-state index >= 15 is 0 Å². The molecule has 1 rings (SSSR count). The molecule has 0 heterocycles. The van der Waals surface area contributed by atoms with Crippen molar-refractivity contribution >= 4 is 23.3 Å². The van der Waals surface area contributed by atoms with E-state index in [4.69, 9.17) is 8.85 Å². The van der Waals surface area contributed by atoms with Gasteiger partial charge in [0.05, 0.1) is 6.61 Å². The zero-order valence-corrected chi connectivity index (χ0v) is 17.5. The average molecular weight is 353 g/mol. The second-order valence-corrected chi connectivity index (χ2v) is 14.3. The summed E-state index contributed by atoms with van der Waals surface area (Å²) in [5, 5.41) is 0. The molecule has 0 radical (unpaired) electrons. The highest BCUT2D eigenvalue weighted by Gasteiger charge is 2.35. The lowest BCUT2D eigenvalue weighted by molar-refractivity contribution is -0.141. The lowest BCUT2D eigenvalue weighted by Gasteiger charge is -2.36. The molecule has 0 aliphatic heterocycles. The Kier molecular flexibility index (Phi) is 8.80. The average Bonchev–Trinajstić information content (AvgIpc) is 2.59. The molecule has 1 aromatic rings. The molecule has 0 aliphatic carbocycles. The van der Waals surface area contributed by atoms with E-state index in [-0.39, 0.29) is 11.5 Å². The van der Waals surface area contributed by atoms with E-state index in [0.717, 1.165) is 6.04 Å². The predicted molar refractivity (Wildman–Crippen MR) is 102 cm³/mol. The van der Waals surface area contributed by atoms with Gasteiger partial charge in [0, 0.05) is 12.5 Å². The van der Waals surface area contributed by atoms with Gasteiger partial charge in [0.1, 0.15) is 0 Å². The minimum atomic E-state index is -1.63. The van der Waals surface area contributed by atoms with E-state index in [2.05, 4.69) is 52.0 Å². The van der Waals surface area contributed by atoms with Crippen molar-refractivity contribution in [3.8, 4) is 0 Å². The fraction of sp³-hybridized carbons (Fsp3) is 0.611. The first kappa shape index (κ1) is 20.1. The number of ether oxygens (including phenoxy) is 1. The molecular formula is C18H32O3Si2. The van der Waals surface area contributed by atoms with Crippen LogP contribution in [0, 0.1) is 0 Å². The third-order valence-corrected chi connectivity index (χ3v) is 14.2. The fourth-order valence-electron chi connectivity index (χ4n) is 3.10. The number of benzene rings is 1. The molecule has 2 unspecified atom stereocenters. The van der Waals surface area contributed by atoms with Crippen LogP contribution in [-0.2, 0) is 13.6 Å². The summed E-state index contributed by atoms with van der Waals surface area (Å²) in [6.07, 6.45) is 0. The first-order chi connectivity index (χ1) is 11.0. The highest BCUT2D eigenvalue weighted by Crippen LogP contribution is 2.29. The highest BCUT2D eigenvalue weighted by atomic mass is 28.4. The predicted octanol–water partition coefficient (Wildman–Crippen LogP) is 4.64. The quantitative estimate of drug-likeness (QED) is 0.454. The lowest BCUT2D eigenvalue weighted by atomic mass is 10.1. The Morgan fingerprint density at radius 1 is 1.09 bits per heavy atom. The van der Waals surface area contributed by atoms with Gasteiger partial charge in [0.25, 0.3) is 0 Å². The number of hydrogen-bond donors (Lipinski definition) is 0. The summed E-state index contributed by atoms with van der Waals surface area (Å²) >= 11 is 0. The maximum absolute atomic E-state index is 11.3. The lowest BCUT2D eigenvalue weighted by Crippen LogP contribution is -2.45. The van der Waals surface area contributed by atoms with Crippen molar-refractivity contribution < 1.29 is 13.6 Å². The van der Waals surface area contributed by atoms with E-state index in [1.54, 1.807) is 0 Å². The molecule has 0 spiro atoms. The van der Waals surface area contributed by atoms with Crippen molar-refractivity contribution in [2.75, 3.05) is 6.61 Å². The Morgan fingerprint density at radius 2 is 1.65 bits per heavy atom. The smallest absolute Gasteiger partial charge is 0.302 e. The molecule has 0 saturated heterocycles. The van der Waals surface area contributed by atoms with E-state index in [9.17, 15) is 4.79 Å². The van der Waals surface area contributed by atoms with E-state index in [1.165, 1.54) is 30.6 Å². The summed E-state index contributed by atoms with van der Waals surface area (Å²) in [6, 6.07) is 15.0. The van der Waals surface area contributed by atoms with Gasteiger partial charge in [0.2, 0.25) is 0 Å². The topological polar surface area (TPSA) is 35.5 Å². The largest absolute Gasteiger partial charge is 0.465 e. The summed E-state index contributed by atoms with van der Waals surface area (Å²) in [7, 11) is -3.14. The number of hydrogen-bond acceptors (Lipinski definition) is 3. The van der Waals surface area contributed by atoms with Gasteiger partial charge in [-0.2, -0.15) is 0 Å². The number of rotatable bonds is 10. The number of esters is 1. The fourth-order valence-corrected chi connectivity index (χ4v) is 12.0. The highest BCUT2D eigenvalue weighted by molar-refractivity contribution is 6.80. The molecule has 0 bridgehead atoms. The van der Waals surface area contributed by atoms with Crippen LogP contribution in [0.25, 0.3) is 0 Å². The number of carbonyl (C=O) groups is 1. The molecule has 0 fully saturated rings. The summed E-state index contributed by atoms with van der Waals surface area (Å²) in [4.78, 5) is 11.3. The molecule has 1 aromatic carbocycles. The van der Waals surface area contributed by atoms with Gasteiger partial charge < -0.3 is 8.85 Å². The Balaban J connectivity index is 3.03. The van der Waals surface area contributed by atoms with Crippen LogP contribution in [-0.4, -0.2) is 29.9 Å². The van der Waals surface area contributed by atoms with Crippen molar-refractivity contribution in [1.29, 1.82) is 0 Å². The molecule has 3 nitrogen and oxygen atoms in total. The minimum Gasteiger partial charge on any atom is -0.465 e. The second kappa shape index (κ2) is 10.1. The van der Waals surface area contributed by atoms with Crippen LogP contribution in [0.4, 0.5) is 0 Å². The number of carbonyl (C=O) groups excluding carboxylic acids is 1. The first-order valence-corrected chi connectivity index (χ1v) is 13.4. The van der Waals surface area contributed by atoms with Crippen LogP contribution in [0.3, 0.4) is 0 Å². The van der Waals surface area contributed by atoms with Crippen LogP contribution in [0.2, 0.25) is 24.2 Å². The van der Waals surface area contributed by atoms with Gasteiger partial charge in [-0.05, 0) is 29.7 Å². The van der Waals surface area contributed by atoms with Crippen LogP contribution >= 0.6 is 0 Å². The van der Waals surface area contributed by atoms with E-state index in [0.29, 0.717) is 6.61 Å². The van der Waals surface area contributed by atoms with Crippen molar-refractivity contribution in [3.05, 3.63) is 35.9 Å². The molecule has 0 aliphatic rings. The molecule has 5 heteroatoms. The third kappa shape index (κ3) is 5.90. The van der Waals surface area contributed by atoms with Gasteiger partial charge >= 0.3 is 5.97 Å². The minimum absolute atomic E-state index is 0.209. The van der Waals surface area contributed by atoms with Crippen molar-refractivity contribution in [3.63, 3.8) is 0 Å². The Hall–Kier alpha value is -0.916. The molecule has 0 saturated carbocycles.